The molecule has 2 aromatic carbocycles. The summed E-state index contributed by atoms with van der Waals surface area (Å²) in [5, 5.41) is 7.48. The van der Waals surface area contributed by atoms with Crippen molar-refractivity contribution in [3.8, 4) is 11.5 Å². The van der Waals surface area contributed by atoms with Crippen molar-refractivity contribution in [2.24, 2.45) is 11.6 Å². The molecule has 0 atom stereocenters. The van der Waals surface area contributed by atoms with Gasteiger partial charge in [0.25, 0.3) is 5.89 Å². The molecule has 1 aromatic heterocycles. The molecule has 3 aromatic rings. The average molecular weight is 408 g/mol. The molecule has 0 saturated carbocycles. The maximum absolute atomic E-state index is 14.4. The van der Waals surface area contributed by atoms with Gasteiger partial charge in [0.2, 0.25) is 5.89 Å². The third kappa shape index (κ3) is 4.63. The lowest BCUT2D eigenvalue weighted by atomic mass is 10.1. The first-order valence-corrected chi connectivity index (χ1v) is 8.19. The van der Waals surface area contributed by atoms with E-state index in [1.807, 2.05) is 0 Å². The Morgan fingerprint density at radius 3 is 2.41 bits per heavy atom. The van der Waals surface area contributed by atoms with Crippen LogP contribution in [0.15, 0.2) is 47.0 Å². The maximum atomic E-state index is 14.4. The summed E-state index contributed by atoms with van der Waals surface area (Å²) in [6.07, 6.45) is -1.69. The Morgan fingerprint density at radius 2 is 1.83 bits per heavy atom. The van der Waals surface area contributed by atoms with Crippen molar-refractivity contribution in [2.45, 2.75) is 13.0 Å². The number of anilines is 1. The van der Waals surface area contributed by atoms with Gasteiger partial charge in [-0.3, -0.25) is 0 Å². The van der Waals surface area contributed by atoms with E-state index in [9.17, 15) is 17.6 Å². The topological polar surface area (TPSA) is 120 Å². The number of hydrogen-bond acceptors (Lipinski definition) is 7. The Labute approximate surface area is 162 Å². The molecule has 152 valence electrons. The first kappa shape index (κ1) is 20.1. The Kier molecular flexibility index (Phi) is 5.69. The normalized spacial score (nSPS) is 11.9. The Bertz CT molecular complexity index is 1030. The summed E-state index contributed by atoms with van der Waals surface area (Å²) in [5.41, 5.74) is 12.4. The van der Waals surface area contributed by atoms with Crippen molar-refractivity contribution in [1.82, 2.24) is 15.2 Å². The molecule has 7 nitrogen and oxygen atoms in total. The van der Waals surface area contributed by atoms with Crippen molar-refractivity contribution >= 4 is 11.4 Å². The van der Waals surface area contributed by atoms with Gasteiger partial charge in [-0.05, 0) is 24.3 Å². The zero-order chi connectivity index (χ0) is 21.1. The van der Waals surface area contributed by atoms with Crippen molar-refractivity contribution in [1.29, 1.82) is 0 Å². The van der Waals surface area contributed by atoms with Crippen LogP contribution in [0.5, 0.6) is 0 Å². The van der Waals surface area contributed by atoms with Gasteiger partial charge in [0, 0.05) is 28.6 Å². The number of hydrogen-bond donors (Lipinski definition) is 3. The monoisotopic (exact) mass is 408 g/mol. The molecule has 0 aliphatic carbocycles. The van der Waals surface area contributed by atoms with Crippen LogP contribution < -0.4 is 17.3 Å². The predicted octanol–water partition coefficient (Wildman–Crippen LogP) is 3.17. The zero-order valence-electron chi connectivity index (χ0n) is 14.8. The van der Waals surface area contributed by atoms with Crippen molar-refractivity contribution in [2.75, 3.05) is 5.73 Å². The molecule has 6 N–H and O–H groups in total. The summed E-state index contributed by atoms with van der Waals surface area (Å²) in [5.74, 6) is 2.48. The van der Waals surface area contributed by atoms with Crippen molar-refractivity contribution in [3.05, 3.63) is 71.3 Å². The van der Waals surface area contributed by atoms with E-state index in [4.69, 9.17) is 21.7 Å². The largest absolute Gasteiger partial charge is 0.415 e. The molecule has 11 heteroatoms. The van der Waals surface area contributed by atoms with Crippen LogP contribution in [0.3, 0.4) is 0 Å². The summed E-state index contributed by atoms with van der Waals surface area (Å²) in [4.78, 5) is 0. The molecule has 0 bridgehead atoms. The van der Waals surface area contributed by atoms with Crippen LogP contribution in [0.4, 0.5) is 23.2 Å². The average Bonchev–Trinajstić information content (AvgIpc) is 3.15. The van der Waals surface area contributed by atoms with Gasteiger partial charge < -0.3 is 20.9 Å². The molecular formula is C18H16F4N6O. The quantitative estimate of drug-likeness (QED) is 0.248. The summed E-state index contributed by atoms with van der Waals surface area (Å²) in [7, 11) is 0. The van der Waals surface area contributed by atoms with E-state index in [1.54, 1.807) is 24.3 Å². The van der Waals surface area contributed by atoms with Crippen LogP contribution >= 0.6 is 0 Å². The van der Waals surface area contributed by atoms with Gasteiger partial charge in [-0.15, -0.1) is 10.2 Å². The highest BCUT2D eigenvalue weighted by Gasteiger charge is 2.20. The van der Waals surface area contributed by atoms with Crippen LogP contribution in [-0.4, -0.2) is 15.2 Å². The Balaban J connectivity index is 1.81. The number of nitrogen functional groups attached to an aromatic ring is 1. The van der Waals surface area contributed by atoms with Crippen molar-refractivity contribution < 1.29 is 22.0 Å². The Morgan fingerprint density at radius 1 is 1.14 bits per heavy atom. The fourth-order valence-corrected chi connectivity index (χ4v) is 2.52. The molecule has 0 aliphatic rings. The second-order valence-corrected chi connectivity index (χ2v) is 6.05. The van der Waals surface area contributed by atoms with E-state index in [0.717, 1.165) is 17.1 Å². The first-order chi connectivity index (χ1) is 13.7. The molecule has 0 radical (unpaired) electrons. The van der Waals surface area contributed by atoms with Gasteiger partial charge in [-0.2, -0.15) is 8.78 Å². The van der Waals surface area contributed by atoms with Gasteiger partial charge in [-0.1, -0.05) is 12.1 Å². The minimum Gasteiger partial charge on any atom is -0.415 e. The molecule has 0 amide bonds. The molecule has 0 saturated heterocycles. The summed E-state index contributed by atoms with van der Waals surface area (Å²) in [6.45, 7) is -0.354. The number of benzene rings is 2. The third-order valence-electron chi connectivity index (χ3n) is 3.88. The molecule has 29 heavy (non-hydrogen) atoms. The van der Waals surface area contributed by atoms with Gasteiger partial charge in [0.1, 0.15) is 11.6 Å². The standard InChI is InChI=1S/C18H16F4N6O/c19-13-5-10(17-26-27-18(29-17)16(21)22)6-14(20)12(13)7-28(25)8-15(24)9-2-1-3-11(23)4-9/h1-6,8,16H,7,23-25H2/b15-8-. The fraction of sp³-hybridized carbons (Fsp3) is 0.111. The maximum Gasteiger partial charge on any atom is 0.314 e. The van der Waals surface area contributed by atoms with Crippen LogP contribution in [0, 0.1) is 11.6 Å². The van der Waals surface area contributed by atoms with E-state index >= 15 is 0 Å². The molecule has 0 unspecified atom stereocenters. The first-order valence-electron chi connectivity index (χ1n) is 8.19. The van der Waals surface area contributed by atoms with Crippen molar-refractivity contribution in [3.63, 3.8) is 0 Å². The minimum atomic E-state index is -2.99. The van der Waals surface area contributed by atoms with E-state index in [2.05, 4.69) is 10.2 Å². The molecule has 1 heterocycles. The second-order valence-electron chi connectivity index (χ2n) is 6.05. The van der Waals surface area contributed by atoms with Crippen LogP contribution in [0.1, 0.15) is 23.4 Å². The highest BCUT2D eigenvalue weighted by atomic mass is 19.3. The number of halogens is 4. The molecule has 0 fully saturated rings. The minimum absolute atomic E-state index is 0.179. The lowest BCUT2D eigenvalue weighted by Crippen LogP contribution is -2.26. The number of alkyl halides is 2. The summed E-state index contributed by atoms with van der Waals surface area (Å²) >= 11 is 0. The third-order valence-corrected chi connectivity index (χ3v) is 3.88. The predicted molar refractivity (Wildman–Crippen MR) is 97.4 cm³/mol. The summed E-state index contributed by atoms with van der Waals surface area (Å²) in [6, 6.07) is 8.47. The van der Waals surface area contributed by atoms with Gasteiger partial charge >= 0.3 is 6.43 Å². The van der Waals surface area contributed by atoms with E-state index in [1.165, 1.54) is 6.20 Å². The van der Waals surface area contributed by atoms with E-state index < -0.39 is 29.8 Å². The van der Waals surface area contributed by atoms with Gasteiger partial charge in [0.15, 0.2) is 0 Å². The van der Waals surface area contributed by atoms with E-state index in [0.29, 0.717) is 11.3 Å². The highest BCUT2D eigenvalue weighted by Crippen LogP contribution is 2.27. The van der Waals surface area contributed by atoms with Crippen LogP contribution in [-0.2, 0) is 6.54 Å². The number of nitrogens with two attached hydrogens (primary N) is 3. The number of rotatable bonds is 6. The Hall–Kier alpha value is -3.60. The fourth-order valence-electron chi connectivity index (χ4n) is 2.52. The van der Waals surface area contributed by atoms with Gasteiger partial charge in [-0.25, -0.2) is 14.6 Å². The molecular weight excluding hydrogens is 392 g/mol. The smallest absolute Gasteiger partial charge is 0.314 e. The second kappa shape index (κ2) is 8.19. The van der Waals surface area contributed by atoms with Crippen LogP contribution in [0.25, 0.3) is 17.2 Å². The van der Waals surface area contributed by atoms with Crippen LogP contribution in [0.2, 0.25) is 0 Å². The molecule has 3 rings (SSSR count). The van der Waals surface area contributed by atoms with E-state index in [-0.39, 0.29) is 23.4 Å². The SMILES string of the molecule is N/C(=C\N(N)Cc1c(F)cc(-c2nnc(C(F)F)o2)cc1F)c1cccc(N)c1. The number of hydrazine groups is 1. The zero-order valence-corrected chi connectivity index (χ0v) is 14.8. The number of aromatic nitrogens is 2. The lowest BCUT2D eigenvalue weighted by Gasteiger charge is -2.17. The lowest BCUT2D eigenvalue weighted by molar-refractivity contribution is 0.116. The van der Waals surface area contributed by atoms with Gasteiger partial charge in [0.05, 0.1) is 12.2 Å². The molecule has 0 aliphatic heterocycles. The number of nitrogens with zero attached hydrogens (tertiary/aromatic N) is 3. The highest BCUT2D eigenvalue weighted by molar-refractivity contribution is 5.65. The molecule has 0 spiro atoms. The summed E-state index contributed by atoms with van der Waals surface area (Å²) < 4.78 is 58.6.